The number of aliphatic hydroxyl groups is 1. The molecule has 3 N–H and O–H groups in total. The van der Waals surface area contributed by atoms with Crippen LogP contribution in [-0.4, -0.2) is 66.0 Å². The van der Waals surface area contributed by atoms with E-state index in [-0.39, 0.29) is 48.4 Å². The largest absolute Gasteiger partial charge is 0.497 e. The van der Waals surface area contributed by atoms with Gasteiger partial charge in [-0.1, -0.05) is 79.8 Å². The number of H-pyrrole nitrogens is 1. The number of carbonyl (C=O) groups is 2. The second-order valence-corrected chi connectivity index (χ2v) is 18.6. The summed E-state index contributed by atoms with van der Waals surface area (Å²) in [6.45, 7) is 6.94. The number of nitrogens with one attached hydrogen (secondary N) is 2. The Balaban J connectivity index is 1.31. The predicted octanol–water partition coefficient (Wildman–Crippen LogP) is 4.91. The number of aromatic amines is 1. The molecule has 2 amide bonds. The van der Waals surface area contributed by atoms with Gasteiger partial charge in [0.15, 0.2) is 5.60 Å². The van der Waals surface area contributed by atoms with Gasteiger partial charge in [0, 0.05) is 30.3 Å². The Labute approximate surface area is 291 Å². The van der Waals surface area contributed by atoms with Crippen molar-refractivity contribution < 1.29 is 24.2 Å². The van der Waals surface area contributed by atoms with Crippen LogP contribution in [-0.2, 0) is 26.5 Å². The molecule has 0 bridgehead atoms. The molecule has 0 saturated carbocycles. The van der Waals surface area contributed by atoms with Gasteiger partial charge in [0.1, 0.15) is 5.75 Å². The third kappa shape index (κ3) is 5.55. The number of anilines is 1. The number of aromatic nitrogens is 2. The zero-order chi connectivity index (χ0) is 35.2. The number of amides is 2. The first-order valence-electron chi connectivity index (χ1n) is 17.0. The van der Waals surface area contributed by atoms with Gasteiger partial charge in [-0.3, -0.25) is 19.5 Å². The first kappa shape index (κ1) is 33.5. The summed E-state index contributed by atoms with van der Waals surface area (Å²) in [5.74, 6) is -0.0156. The number of nitrogens with zero attached hydrogens (tertiary/aromatic N) is 2. The van der Waals surface area contributed by atoms with Crippen LogP contribution in [0, 0.1) is 5.92 Å². The van der Waals surface area contributed by atoms with Gasteiger partial charge in [0.2, 0.25) is 5.91 Å². The van der Waals surface area contributed by atoms with Gasteiger partial charge in [0.05, 0.1) is 50.9 Å². The first-order chi connectivity index (χ1) is 24.1. The van der Waals surface area contributed by atoms with Crippen LogP contribution in [0.25, 0.3) is 16.6 Å². The molecule has 1 saturated heterocycles. The number of hydrogen-bond donors (Lipinski definition) is 3. The van der Waals surface area contributed by atoms with E-state index in [1.165, 1.54) is 4.68 Å². The quantitative estimate of drug-likeness (QED) is 0.179. The molecule has 1 spiro atoms. The minimum Gasteiger partial charge on any atom is -0.497 e. The Kier molecular flexibility index (Phi) is 8.75. The summed E-state index contributed by atoms with van der Waals surface area (Å²) in [5.41, 5.74) is 1.77. The average Bonchev–Trinajstić information content (AvgIpc) is 3.72. The van der Waals surface area contributed by atoms with Crippen LogP contribution in [0.2, 0.25) is 18.6 Å². The fraction of sp³-hybridized carbons (Fsp3) is 0.308. The molecular formula is C39H42N4O6Si. The standard InChI is InChI=1S/C39H42N4O6Si/c1-25-36(50(3,4)29-17-15-28(48-2)16-18-29)34(23-35(45)42(20-21-44)24-26-10-6-5-7-11-26)49-39(25)31-22-27(14-19-33(31)40-38(39)47)43-37(46)30-12-8-9-13-32(30)41-43/h5-19,22,25,34,36,41,44H,20-21,23-24H2,1-4H3,(H,40,47)/t25-,34+,36-,39+/m1/s1. The number of fused-ring (bicyclic) bond motifs is 3. The van der Waals surface area contributed by atoms with E-state index in [0.29, 0.717) is 34.4 Å². The van der Waals surface area contributed by atoms with Gasteiger partial charge in [-0.25, -0.2) is 4.68 Å². The lowest BCUT2D eigenvalue weighted by Gasteiger charge is -2.37. The molecule has 1 fully saturated rings. The molecule has 0 unspecified atom stereocenters. The molecule has 258 valence electrons. The second-order valence-electron chi connectivity index (χ2n) is 13.9. The lowest BCUT2D eigenvalue weighted by atomic mass is 9.82. The molecular weight excluding hydrogens is 649 g/mol. The van der Waals surface area contributed by atoms with Gasteiger partial charge in [-0.05, 0) is 53.6 Å². The maximum atomic E-state index is 14.3. The maximum absolute atomic E-state index is 14.3. The highest BCUT2D eigenvalue weighted by Crippen LogP contribution is 2.58. The van der Waals surface area contributed by atoms with Gasteiger partial charge < -0.3 is 24.8 Å². The van der Waals surface area contributed by atoms with Crippen molar-refractivity contribution >= 4 is 41.7 Å². The van der Waals surface area contributed by atoms with Crippen molar-refractivity contribution in [3.63, 3.8) is 0 Å². The SMILES string of the molecule is COc1ccc([Si](C)(C)[C@H]2[C@H](CC(=O)N(CCO)Cc3ccccc3)O[C@@]3(C(=O)Nc4ccc(-n5[nH]c6ccccc6c5=O)cc43)[C@@H]2C)cc1. The number of carbonyl (C=O) groups excluding carboxylic acids is 2. The summed E-state index contributed by atoms with van der Waals surface area (Å²) in [5, 5.41) is 17.9. The molecule has 3 heterocycles. The summed E-state index contributed by atoms with van der Waals surface area (Å²) in [7, 11) is -0.861. The zero-order valence-corrected chi connectivity index (χ0v) is 29.7. The van der Waals surface area contributed by atoms with Crippen LogP contribution >= 0.6 is 0 Å². The number of methoxy groups -OCH3 is 1. The second kappa shape index (κ2) is 13.1. The van der Waals surface area contributed by atoms with Crippen LogP contribution < -0.4 is 20.8 Å². The molecule has 5 aromatic rings. The van der Waals surface area contributed by atoms with Crippen molar-refractivity contribution in [2.45, 2.75) is 50.2 Å². The van der Waals surface area contributed by atoms with Crippen LogP contribution in [0.5, 0.6) is 5.75 Å². The Morgan fingerprint density at radius 1 is 1.00 bits per heavy atom. The summed E-state index contributed by atoms with van der Waals surface area (Å²) in [4.78, 5) is 43.6. The van der Waals surface area contributed by atoms with Crippen molar-refractivity contribution in [2.24, 2.45) is 5.92 Å². The van der Waals surface area contributed by atoms with Crippen molar-refractivity contribution in [1.82, 2.24) is 14.7 Å². The van der Waals surface area contributed by atoms with E-state index in [1.54, 1.807) is 24.1 Å². The maximum Gasteiger partial charge on any atom is 0.279 e. The third-order valence-corrected chi connectivity index (χ3v) is 15.1. The topological polar surface area (TPSA) is 126 Å². The van der Waals surface area contributed by atoms with Crippen molar-refractivity contribution in [3.05, 3.63) is 119 Å². The molecule has 4 atom stereocenters. The van der Waals surface area contributed by atoms with Gasteiger partial charge in [0.25, 0.3) is 11.5 Å². The molecule has 0 radical (unpaired) electrons. The fourth-order valence-electron chi connectivity index (χ4n) is 8.22. The Hall–Kier alpha value is -4.97. The summed E-state index contributed by atoms with van der Waals surface area (Å²) in [6.07, 6.45) is -0.561. The minimum atomic E-state index is -2.50. The van der Waals surface area contributed by atoms with Crippen LogP contribution in [0.15, 0.2) is 102 Å². The predicted molar refractivity (Wildman–Crippen MR) is 196 cm³/mol. The lowest BCUT2D eigenvalue weighted by molar-refractivity contribution is -0.148. The van der Waals surface area contributed by atoms with Crippen LogP contribution in [0.3, 0.4) is 0 Å². The zero-order valence-electron chi connectivity index (χ0n) is 28.7. The van der Waals surface area contributed by atoms with E-state index < -0.39 is 19.8 Å². The van der Waals surface area contributed by atoms with E-state index in [2.05, 4.69) is 42.6 Å². The molecule has 10 nitrogen and oxygen atoms in total. The first-order valence-corrected chi connectivity index (χ1v) is 20.1. The number of rotatable bonds is 10. The Bertz CT molecular complexity index is 2110. The van der Waals surface area contributed by atoms with Crippen molar-refractivity contribution in [1.29, 1.82) is 0 Å². The average molecular weight is 691 g/mol. The fourth-order valence-corrected chi connectivity index (χ4v) is 12.2. The summed E-state index contributed by atoms with van der Waals surface area (Å²) >= 11 is 0. The van der Waals surface area contributed by atoms with Crippen LogP contribution in [0.1, 0.15) is 24.5 Å². The Morgan fingerprint density at radius 2 is 1.72 bits per heavy atom. The molecule has 7 rings (SSSR count). The number of benzene rings is 4. The number of ether oxygens (including phenoxy) is 2. The van der Waals surface area contributed by atoms with Gasteiger partial charge in [-0.2, -0.15) is 0 Å². The normalized spacial score (nSPS) is 21.4. The highest BCUT2D eigenvalue weighted by atomic mass is 28.3. The van der Waals surface area contributed by atoms with Crippen molar-refractivity contribution in [2.75, 3.05) is 25.6 Å². The number of para-hydroxylation sites is 1. The van der Waals surface area contributed by atoms with E-state index in [4.69, 9.17) is 9.47 Å². The smallest absolute Gasteiger partial charge is 0.279 e. The van der Waals surface area contributed by atoms with E-state index in [0.717, 1.165) is 16.5 Å². The molecule has 2 aliphatic heterocycles. The van der Waals surface area contributed by atoms with Crippen LogP contribution in [0.4, 0.5) is 5.69 Å². The highest BCUT2D eigenvalue weighted by Gasteiger charge is 2.65. The molecule has 0 aliphatic carbocycles. The van der Waals surface area contributed by atoms with Crippen molar-refractivity contribution in [3.8, 4) is 11.4 Å². The molecule has 50 heavy (non-hydrogen) atoms. The lowest BCUT2D eigenvalue weighted by Crippen LogP contribution is -2.52. The molecule has 4 aromatic carbocycles. The molecule has 2 aliphatic rings. The third-order valence-electron chi connectivity index (χ3n) is 10.7. The monoisotopic (exact) mass is 690 g/mol. The summed E-state index contributed by atoms with van der Waals surface area (Å²) in [6, 6.07) is 30.6. The van der Waals surface area contributed by atoms with E-state index in [1.807, 2.05) is 72.8 Å². The summed E-state index contributed by atoms with van der Waals surface area (Å²) < 4.78 is 14.0. The van der Waals surface area contributed by atoms with Gasteiger partial charge >= 0.3 is 0 Å². The molecule has 1 aromatic heterocycles. The highest BCUT2D eigenvalue weighted by molar-refractivity contribution is 6.91. The number of aliphatic hydroxyl groups excluding tert-OH is 1. The van der Waals surface area contributed by atoms with E-state index in [9.17, 15) is 19.5 Å². The molecule has 11 heteroatoms. The van der Waals surface area contributed by atoms with E-state index >= 15 is 0 Å². The number of hydrogen-bond acceptors (Lipinski definition) is 6. The Morgan fingerprint density at radius 3 is 2.42 bits per heavy atom. The van der Waals surface area contributed by atoms with Gasteiger partial charge in [-0.15, -0.1) is 0 Å². The minimum absolute atomic E-state index is 0.0416.